The van der Waals surface area contributed by atoms with Crippen LogP contribution in [0.5, 0.6) is 0 Å². The molecule has 2 rings (SSSR count). The summed E-state index contributed by atoms with van der Waals surface area (Å²) < 4.78 is 0. The molecule has 1 heterocycles. The summed E-state index contributed by atoms with van der Waals surface area (Å²) in [6.45, 7) is 1.97. The second-order valence-corrected chi connectivity index (χ2v) is 5.00. The maximum atomic E-state index is 10.5. The molecule has 0 spiro atoms. The van der Waals surface area contributed by atoms with E-state index in [1.807, 2.05) is 25.1 Å². The Kier molecular flexibility index (Phi) is 3.57. The topological polar surface area (TPSA) is 89.1 Å². The van der Waals surface area contributed by atoms with Crippen LogP contribution in [0.4, 0.5) is 5.13 Å². The Labute approximate surface area is 108 Å². The number of nitrogens with zero attached hydrogens (tertiary/aromatic N) is 2. The van der Waals surface area contributed by atoms with E-state index < -0.39 is 5.97 Å². The minimum absolute atomic E-state index is 0.143. The van der Waals surface area contributed by atoms with Crippen molar-refractivity contribution >= 4 is 22.4 Å². The van der Waals surface area contributed by atoms with E-state index in [0.29, 0.717) is 11.6 Å². The summed E-state index contributed by atoms with van der Waals surface area (Å²) in [5, 5.41) is 17.7. The third-order valence-corrected chi connectivity index (χ3v) is 3.38. The van der Waals surface area contributed by atoms with Crippen molar-refractivity contribution in [1.29, 1.82) is 0 Å². The van der Waals surface area contributed by atoms with Crippen molar-refractivity contribution in [2.45, 2.75) is 19.8 Å². The van der Waals surface area contributed by atoms with Gasteiger partial charge in [-0.15, -0.1) is 10.2 Å². The molecule has 0 aliphatic rings. The molecule has 94 valence electrons. The van der Waals surface area contributed by atoms with Crippen LogP contribution in [0.2, 0.25) is 0 Å². The third-order valence-electron chi connectivity index (χ3n) is 2.59. The molecule has 3 N–H and O–H groups in total. The van der Waals surface area contributed by atoms with E-state index in [-0.39, 0.29) is 6.42 Å². The van der Waals surface area contributed by atoms with Gasteiger partial charge in [0.05, 0.1) is 0 Å². The summed E-state index contributed by atoms with van der Waals surface area (Å²) in [7, 11) is 0. The summed E-state index contributed by atoms with van der Waals surface area (Å²) in [5.74, 6) is -0.784. The van der Waals surface area contributed by atoms with Crippen LogP contribution < -0.4 is 5.73 Å². The first kappa shape index (κ1) is 12.5. The van der Waals surface area contributed by atoms with Gasteiger partial charge in [-0.2, -0.15) is 0 Å². The molecular formula is C12H13N3O2S. The molecule has 0 fully saturated rings. The summed E-state index contributed by atoms with van der Waals surface area (Å²) in [6.07, 6.45) is 0.680. The zero-order valence-corrected chi connectivity index (χ0v) is 10.7. The van der Waals surface area contributed by atoms with Gasteiger partial charge in [-0.1, -0.05) is 29.5 Å². The number of hydrogen-bond donors (Lipinski definition) is 2. The summed E-state index contributed by atoms with van der Waals surface area (Å²) in [5.41, 5.74) is 8.61. The molecule has 2 aromatic rings. The van der Waals surface area contributed by atoms with Gasteiger partial charge in [0.1, 0.15) is 5.01 Å². The molecule has 6 heteroatoms. The smallest absolute Gasteiger partial charge is 0.303 e. The highest BCUT2D eigenvalue weighted by Gasteiger charge is 2.08. The Morgan fingerprint density at radius 3 is 2.78 bits per heavy atom. The van der Waals surface area contributed by atoms with E-state index in [2.05, 4.69) is 10.2 Å². The van der Waals surface area contributed by atoms with E-state index >= 15 is 0 Å². The fourth-order valence-corrected chi connectivity index (χ4v) is 2.42. The lowest BCUT2D eigenvalue weighted by molar-refractivity contribution is -0.136. The molecule has 0 amide bonds. The SMILES string of the molecule is Cc1cc(CCC(=O)O)ccc1-c1nnc(N)s1. The second-order valence-electron chi connectivity index (χ2n) is 3.99. The lowest BCUT2D eigenvalue weighted by Gasteiger charge is -2.05. The molecule has 0 atom stereocenters. The number of carboxylic acid groups (broad SMARTS) is 1. The van der Waals surface area contributed by atoms with E-state index in [4.69, 9.17) is 10.8 Å². The molecule has 0 aliphatic carbocycles. The van der Waals surface area contributed by atoms with E-state index in [9.17, 15) is 4.79 Å². The highest BCUT2D eigenvalue weighted by Crippen LogP contribution is 2.28. The Morgan fingerprint density at radius 1 is 1.44 bits per heavy atom. The monoisotopic (exact) mass is 263 g/mol. The molecule has 0 bridgehead atoms. The number of nitrogen functional groups attached to an aromatic ring is 1. The van der Waals surface area contributed by atoms with Crippen LogP contribution in [0, 0.1) is 6.92 Å². The van der Waals surface area contributed by atoms with Crippen LogP contribution in [-0.4, -0.2) is 21.3 Å². The second kappa shape index (κ2) is 5.14. The molecule has 18 heavy (non-hydrogen) atoms. The summed E-state index contributed by atoms with van der Waals surface area (Å²) in [4.78, 5) is 10.5. The van der Waals surface area contributed by atoms with Gasteiger partial charge in [0.15, 0.2) is 0 Å². The fourth-order valence-electron chi connectivity index (χ4n) is 1.72. The number of aliphatic carboxylic acids is 1. The predicted octanol–water partition coefficient (Wildman–Crippen LogP) is 2.11. The van der Waals surface area contributed by atoms with Gasteiger partial charge in [-0.05, 0) is 24.5 Å². The van der Waals surface area contributed by atoms with Crippen LogP contribution in [0.1, 0.15) is 17.5 Å². The number of aryl methyl sites for hydroxylation is 2. The molecule has 0 saturated heterocycles. The first-order chi connectivity index (χ1) is 8.56. The van der Waals surface area contributed by atoms with Gasteiger partial charge in [0.25, 0.3) is 0 Å². The van der Waals surface area contributed by atoms with E-state index in [1.165, 1.54) is 11.3 Å². The largest absolute Gasteiger partial charge is 0.481 e. The van der Waals surface area contributed by atoms with Gasteiger partial charge in [-0.25, -0.2) is 0 Å². The normalized spacial score (nSPS) is 10.5. The van der Waals surface area contributed by atoms with Crippen molar-refractivity contribution < 1.29 is 9.90 Å². The van der Waals surface area contributed by atoms with Gasteiger partial charge in [0.2, 0.25) is 5.13 Å². The van der Waals surface area contributed by atoms with Gasteiger partial charge >= 0.3 is 5.97 Å². The number of anilines is 1. The van der Waals surface area contributed by atoms with Crippen LogP contribution in [-0.2, 0) is 11.2 Å². The Morgan fingerprint density at radius 2 is 2.22 bits per heavy atom. The van der Waals surface area contributed by atoms with Crippen LogP contribution in [0.15, 0.2) is 18.2 Å². The quantitative estimate of drug-likeness (QED) is 0.881. The van der Waals surface area contributed by atoms with Crippen LogP contribution in [0.3, 0.4) is 0 Å². The molecule has 1 aromatic heterocycles. The number of carbonyl (C=O) groups is 1. The Bertz CT molecular complexity index is 580. The first-order valence-electron chi connectivity index (χ1n) is 5.47. The van der Waals surface area contributed by atoms with Crippen LogP contribution in [0.25, 0.3) is 10.6 Å². The number of rotatable bonds is 4. The minimum atomic E-state index is -0.784. The van der Waals surface area contributed by atoms with Crippen molar-refractivity contribution in [3.8, 4) is 10.6 Å². The predicted molar refractivity (Wildman–Crippen MR) is 70.5 cm³/mol. The summed E-state index contributed by atoms with van der Waals surface area (Å²) >= 11 is 1.34. The maximum Gasteiger partial charge on any atom is 0.303 e. The van der Waals surface area contributed by atoms with Crippen molar-refractivity contribution in [1.82, 2.24) is 10.2 Å². The Hall–Kier alpha value is -1.95. The molecule has 0 unspecified atom stereocenters. The van der Waals surface area contributed by atoms with Crippen molar-refractivity contribution in [2.24, 2.45) is 0 Å². The number of hydrogen-bond acceptors (Lipinski definition) is 5. The molecule has 5 nitrogen and oxygen atoms in total. The molecular weight excluding hydrogens is 250 g/mol. The molecule has 0 radical (unpaired) electrons. The Balaban J connectivity index is 2.22. The summed E-state index contributed by atoms with van der Waals surface area (Å²) in [6, 6.07) is 5.84. The van der Waals surface area contributed by atoms with Crippen molar-refractivity contribution in [2.75, 3.05) is 5.73 Å². The fraction of sp³-hybridized carbons (Fsp3) is 0.250. The highest BCUT2D eigenvalue weighted by molar-refractivity contribution is 7.18. The van der Waals surface area contributed by atoms with Gasteiger partial charge in [0, 0.05) is 12.0 Å². The van der Waals surface area contributed by atoms with E-state index in [1.54, 1.807) is 0 Å². The number of aromatic nitrogens is 2. The van der Waals surface area contributed by atoms with Crippen molar-refractivity contribution in [3.63, 3.8) is 0 Å². The molecule has 1 aromatic carbocycles. The van der Waals surface area contributed by atoms with Crippen molar-refractivity contribution in [3.05, 3.63) is 29.3 Å². The minimum Gasteiger partial charge on any atom is -0.481 e. The lowest BCUT2D eigenvalue weighted by atomic mass is 10.0. The van der Waals surface area contributed by atoms with Gasteiger partial charge in [-0.3, -0.25) is 4.79 Å². The zero-order chi connectivity index (χ0) is 13.1. The average Bonchev–Trinajstić information content (AvgIpc) is 2.73. The number of carboxylic acids is 1. The number of nitrogens with two attached hydrogens (primary N) is 1. The zero-order valence-electron chi connectivity index (χ0n) is 9.88. The van der Waals surface area contributed by atoms with Gasteiger partial charge < -0.3 is 10.8 Å². The molecule has 0 saturated carbocycles. The molecule has 0 aliphatic heterocycles. The average molecular weight is 263 g/mol. The highest BCUT2D eigenvalue weighted by atomic mass is 32.1. The number of benzene rings is 1. The maximum absolute atomic E-state index is 10.5. The van der Waals surface area contributed by atoms with Crippen LogP contribution >= 0.6 is 11.3 Å². The van der Waals surface area contributed by atoms with E-state index in [0.717, 1.165) is 21.7 Å². The first-order valence-corrected chi connectivity index (χ1v) is 6.28. The standard InChI is InChI=1S/C12H13N3O2S/c1-7-6-8(3-5-10(16)17)2-4-9(7)11-14-15-12(13)18-11/h2,4,6H,3,5H2,1H3,(H2,13,15)(H,16,17). The lowest BCUT2D eigenvalue weighted by Crippen LogP contribution is -1.98. The third kappa shape index (κ3) is 2.84.